The average Bonchev–Trinajstić information content (AvgIpc) is 2.48. The minimum atomic E-state index is -4.25. The molecule has 1 fully saturated rings. The third-order valence-corrected chi connectivity index (χ3v) is 4.01. The number of alkyl halides is 3. The van der Waals surface area contributed by atoms with Gasteiger partial charge in [0.05, 0.1) is 5.56 Å². The van der Waals surface area contributed by atoms with Crippen molar-refractivity contribution < 1.29 is 13.2 Å². The van der Waals surface area contributed by atoms with E-state index in [4.69, 9.17) is 0 Å². The summed E-state index contributed by atoms with van der Waals surface area (Å²) >= 11 is 0. The molecule has 0 atom stereocenters. The Morgan fingerprint density at radius 1 is 0.952 bits per heavy atom. The molecule has 2 nitrogen and oxygen atoms in total. The Kier molecular flexibility index (Phi) is 5.51. The van der Waals surface area contributed by atoms with Crippen LogP contribution in [0.3, 0.4) is 0 Å². The molecule has 1 aliphatic rings. The van der Waals surface area contributed by atoms with Crippen LogP contribution < -0.4 is 4.90 Å². The highest BCUT2D eigenvalue weighted by atomic mass is 19.4. The molecule has 1 aliphatic heterocycles. The SMILES string of the molecule is CCCCCN1CCN(c2ccc(C(F)(F)F)cc2)CC1. The lowest BCUT2D eigenvalue weighted by Gasteiger charge is -2.36. The summed E-state index contributed by atoms with van der Waals surface area (Å²) in [6, 6.07) is 5.50. The Labute approximate surface area is 124 Å². The Bertz CT molecular complexity index is 420. The molecule has 0 unspecified atom stereocenters. The van der Waals surface area contributed by atoms with Gasteiger partial charge in [0.2, 0.25) is 0 Å². The number of piperazine rings is 1. The number of hydrogen-bond acceptors (Lipinski definition) is 2. The molecule has 0 saturated carbocycles. The highest BCUT2D eigenvalue weighted by Crippen LogP contribution is 2.30. The third-order valence-electron chi connectivity index (χ3n) is 4.01. The first kappa shape index (κ1) is 16.1. The number of anilines is 1. The molecule has 0 aliphatic carbocycles. The van der Waals surface area contributed by atoms with Crippen LogP contribution in [-0.2, 0) is 6.18 Å². The zero-order chi connectivity index (χ0) is 15.3. The molecule has 2 rings (SSSR count). The smallest absolute Gasteiger partial charge is 0.369 e. The van der Waals surface area contributed by atoms with Crippen molar-refractivity contribution in [2.24, 2.45) is 0 Å². The van der Waals surface area contributed by atoms with Gasteiger partial charge in [-0.05, 0) is 37.2 Å². The van der Waals surface area contributed by atoms with Gasteiger partial charge in [0.25, 0.3) is 0 Å². The third kappa shape index (κ3) is 4.63. The highest BCUT2D eigenvalue weighted by Gasteiger charge is 2.30. The van der Waals surface area contributed by atoms with Crippen LogP contribution in [-0.4, -0.2) is 37.6 Å². The Balaban J connectivity index is 1.85. The van der Waals surface area contributed by atoms with Crippen LogP contribution in [0.15, 0.2) is 24.3 Å². The van der Waals surface area contributed by atoms with E-state index >= 15 is 0 Å². The average molecular weight is 300 g/mol. The number of rotatable bonds is 5. The predicted octanol–water partition coefficient (Wildman–Crippen LogP) is 4.02. The molecule has 1 heterocycles. The van der Waals surface area contributed by atoms with Crippen molar-refractivity contribution in [3.63, 3.8) is 0 Å². The van der Waals surface area contributed by atoms with Gasteiger partial charge in [-0.3, -0.25) is 4.90 Å². The van der Waals surface area contributed by atoms with E-state index in [-0.39, 0.29) is 0 Å². The molecular weight excluding hydrogens is 277 g/mol. The van der Waals surface area contributed by atoms with E-state index in [0.29, 0.717) is 0 Å². The molecule has 0 spiro atoms. The molecule has 5 heteroatoms. The number of hydrogen-bond donors (Lipinski definition) is 0. The molecule has 0 N–H and O–H groups in total. The second-order valence-corrected chi connectivity index (χ2v) is 5.58. The largest absolute Gasteiger partial charge is 0.416 e. The van der Waals surface area contributed by atoms with Gasteiger partial charge >= 0.3 is 6.18 Å². The van der Waals surface area contributed by atoms with Gasteiger partial charge in [0.15, 0.2) is 0 Å². The molecule has 0 amide bonds. The molecule has 0 bridgehead atoms. The van der Waals surface area contributed by atoms with Gasteiger partial charge in [-0.15, -0.1) is 0 Å². The van der Waals surface area contributed by atoms with E-state index in [1.165, 1.54) is 31.4 Å². The Hall–Kier alpha value is -1.23. The normalized spacial score (nSPS) is 17.2. The Morgan fingerprint density at radius 2 is 1.57 bits per heavy atom. The fourth-order valence-corrected chi connectivity index (χ4v) is 2.68. The fraction of sp³-hybridized carbons (Fsp3) is 0.625. The second kappa shape index (κ2) is 7.16. The van der Waals surface area contributed by atoms with E-state index < -0.39 is 11.7 Å². The van der Waals surface area contributed by atoms with Crippen LogP contribution >= 0.6 is 0 Å². The molecule has 0 radical (unpaired) electrons. The maximum Gasteiger partial charge on any atom is 0.416 e. The topological polar surface area (TPSA) is 6.48 Å². The van der Waals surface area contributed by atoms with E-state index in [0.717, 1.165) is 38.4 Å². The predicted molar refractivity (Wildman–Crippen MR) is 79.6 cm³/mol. The van der Waals surface area contributed by atoms with Gasteiger partial charge in [-0.2, -0.15) is 13.2 Å². The van der Waals surface area contributed by atoms with E-state index in [1.807, 2.05) is 0 Å². The Morgan fingerprint density at radius 3 is 2.10 bits per heavy atom. The lowest BCUT2D eigenvalue weighted by atomic mass is 10.1. The van der Waals surface area contributed by atoms with Crippen molar-refractivity contribution in [2.45, 2.75) is 32.4 Å². The summed E-state index contributed by atoms with van der Waals surface area (Å²) in [4.78, 5) is 4.60. The first-order valence-corrected chi connectivity index (χ1v) is 7.65. The molecule has 1 aromatic carbocycles. The summed E-state index contributed by atoms with van der Waals surface area (Å²) < 4.78 is 37.6. The van der Waals surface area contributed by atoms with E-state index in [9.17, 15) is 13.2 Å². The first-order valence-electron chi connectivity index (χ1n) is 7.65. The van der Waals surface area contributed by atoms with Gasteiger partial charge in [-0.25, -0.2) is 0 Å². The standard InChI is InChI=1S/C16H23F3N2/c1-2-3-4-9-20-10-12-21(13-11-20)15-7-5-14(6-8-15)16(17,18)19/h5-8H,2-4,9-13H2,1H3. The first-order chi connectivity index (χ1) is 10.0. The van der Waals surface area contributed by atoms with Crippen molar-refractivity contribution in [1.82, 2.24) is 4.90 Å². The van der Waals surface area contributed by atoms with Gasteiger partial charge in [0, 0.05) is 31.9 Å². The van der Waals surface area contributed by atoms with E-state index in [1.54, 1.807) is 12.1 Å². The molecule has 0 aromatic heterocycles. The van der Waals surface area contributed by atoms with Crippen LogP contribution in [0.2, 0.25) is 0 Å². The summed E-state index contributed by atoms with van der Waals surface area (Å²) in [6.07, 6.45) is -0.530. The van der Waals surface area contributed by atoms with Gasteiger partial charge in [0.1, 0.15) is 0 Å². The maximum absolute atomic E-state index is 12.5. The van der Waals surface area contributed by atoms with Crippen molar-refractivity contribution in [3.05, 3.63) is 29.8 Å². The van der Waals surface area contributed by atoms with Crippen LogP contribution in [0.25, 0.3) is 0 Å². The monoisotopic (exact) mass is 300 g/mol. The van der Waals surface area contributed by atoms with Gasteiger partial charge < -0.3 is 4.90 Å². The lowest BCUT2D eigenvalue weighted by molar-refractivity contribution is -0.137. The van der Waals surface area contributed by atoms with Crippen molar-refractivity contribution in [2.75, 3.05) is 37.6 Å². The van der Waals surface area contributed by atoms with Crippen LogP contribution in [0, 0.1) is 0 Å². The summed E-state index contributed by atoms with van der Waals surface area (Å²) in [6.45, 7) is 7.09. The van der Waals surface area contributed by atoms with Crippen LogP contribution in [0.5, 0.6) is 0 Å². The molecule has 118 valence electrons. The molecule has 1 aromatic rings. The highest BCUT2D eigenvalue weighted by molar-refractivity contribution is 5.48. The molecule has 21 heavy (non-hydrogen) atoms. The van der Waals surface area contributed by atoms with Crippen molar-refractivity contribution in [3.8, 4) is 0 Å². The maximum atomic E-state index is 12.5. The zero-order valence-corrected chi connectivity index (χ0v) is 12.5. The zero-order valence-electron chi connectivity index (χ0n) is 12.5. The quantitative estimate of drug-likeness (QED) is 0.758. The fourth-order valence-electron chi connectivity index (χ4n) is 2.68. The number of halogens is 3. The summed E-state index contributed by atoms with van der Waals surface area (Å²) in [5, 5.41) is 0. The summed E-state index contributed by atoms with van der Waals surface area (Å²) in [5.74, 6) is 0. The van der Waals surface area contributed by atoms with Crippen LogP contribution in [0.4, 0.5) is 18.9 Å². The lowest BCUT2D eigenvalue weighted by Crippen LogP contribution is -2.46. The molecule has 1 saturated heterocycles. The van der Waals surface area contributed by atoms with Crippen molar-refractivity contribution in [1.29, 1.82) is 0 Å². The minimum Gasteiger partial charge on any atom is -0.369 e. The van der Waals surface area contributed by atoms with Crippen LogP contribution in [0.1, 0.15) is 31.7 Å². The molecular formula is C16H23F3N2. The number of benzene rings is 1. The van der Waals surface area contributed by atoms with Crippen molar-refractivity contribution >= 4 is 5.69 Å². The minimum absolute atomic E-state index is 0.579. The van der Waals surface area contributed by atoms with Gasteiger partial charge in [-0.1, -0.05) is 19.8 Å². The summed E-state index contributed by atoms with van der Waals surface area (Å²) in [7, 11) is 0. The summed E-state index contributed by atoms with van der Waals surface area (Å²) in [5.41, 5.74) is 0.306. The number of unbranched alkanes of at least 4 members (excludes halogenated alkanes) is 2. The number of nitrogens with zero attached hydrogens (tertiary/aromatic N) is 2. The second-order valence-electron chi connectivity index (χ2n) is 5.58. The van der Waals surface area contributed by atoms with E-state index in [2.05, 4.69) is 16.7 Å².